The molecule has 2 rings (SSSR count). The molecule has 1 heterocycles. The lowest BCUT2D eigenvalue weighted by atomic mass is 9.88. The van der Waals surface area contributed by atoms with Crippen molar-refractivity contribution in [3.05, 3.63) is 35.9 Å². The van der Waals surface area contributed by atoms with Gasteiger partial charge >= 0.3 is 0 Å². The fourth-order valence-corrected chi connectivity index (χ4v) is 2.78. The van der Waals surface area contributed by atoms with Crippen molar-refractivity contribution in [3.63, 3.8) is 0 Å². The quantitative estimate of drug-likeness (QED) is 0.888. The van der Waals surface area contributed by atoms with Crippen LogP contribution in [0.1, 0.15) is 39.2 Å². The molecule has 0 aromatic heterocycles. The number of hydrogen-bond donors (Lipinski definition) is 1. The van der Waals surface area contributed by atoms with Crippen LogP contribution in [0, 0.1) is 5.92 Å². The number of nitrogens with two attached hydrogens (primary N) is 1. The fraction of sp³-hybridized carbons (Fsp3) is 0.562. The summed E-state index contributed by atoms with van der Waals surface area (Å²) in [5.41, 5.74) is 6.27. The standard InChI is InChI=1S/C16H24N2O/c1-12-9-10-13(2)18(11-12)15(19)16(3,17)14-7-5-4-6-8-14/h4-8,12-13H,9-11,17H2,1-3H3. The second-order valence-corrected chi connectivity index (χ2v) is 6.06. The normalized spacial score (nSPS) is 26.8. The van der Waals surface area contributed by atoms with E-state index in [1.54, 1.807) is 0 Å². The highest BCUT2D eigenvalue weighted by atomic mass is 16.2. The Labute approximate surface area is 115 Å². The zero-order valence-corrected chi connectivity index (χ0v) is 12.1. The number of hydrogen-bond acceptors (Lipinski definition) is 2. The maximum atomic E-state index is 12.8. The van der Waals surface area contributed by atoms with Crippen LogP contribution in [0.2, 0.25) is 0 Å². The Morgan fingerprint density at radius 1 is 1.26 bits per heavy atom. The van der Waals surface area contributed by atoms with Crippen molar-refractivity contribution in [1.29, 1.82) is 0 Å². The van der Waals surface area contributed by atoms with Gasteiger partial charge in [0.2, 0.25) is 5.91 Å². The van der Waals surface area contributed by atoms with Crippen LogP contribution in [-0.2, 0) is 10.3 Å². The molecule has 1 amide bonds. The van der Waals surface area contributed by atoms with Crippen LogP contribution >= 0.6 is 0 Å². The second-order valence-electron chi connectivity index (χ2n) is 6.06. The van der Waals surface area contributed by atoms with E-state index in [0.717, 1.165) is 18.5 Å². The Bertz CT molecular complexity index is 441. The summed E-state index contributed by atoms with van der Waals surface area (Å²) in [7, 11) is 0. The highest BCUT2D eigenvalue weighted by molar-refractivity contribution is 5.87. The summed E-state index contributed by atoms with van der Waals surface area (Å²) in [5, 5.41) is 0. The third-order valence-corrected chi connectivity index (χ3v) is 4.20. The van der Waals surface area contributed by atoms with Gasteiger partial charge in [0, 0.05) is 12.6 Å². The van der Waals surface area contributed by atoms with Crippen molar-refractivity contribution in [2.75, 3.05) is 6.54 Å². The molecule has 3 heteroatoms. The molecule has 1 aromatic rings. The van der Waals surface area contributed by atoms with Gasteiger partial charge in [0.15, 0.2) is 0 Å². The van der Waals surface area contributed by atoms with Crippen molar-refractivity contribution in [1.82, 2.24) is 4.90 Å². The molecule has 1 aliphatic heterocycles. The number of rotatable bonds is 2. The van der Waals surface area contributed by atoms with Gasteiger partial charge in [0.25, 0.3) is 0 Å². The molecule has 1 fully saturated rings. The first-order valence-corrected chi connectivity index (χ1v) is 7.08. The molecule has 0 radical (unpaired) electrons. The lowest BCUT2D eigenvalue weighted by molar-refractivity contribution is -0.141. The second kappa shape index (κ2) is 5.33. The molecule has 0 saturated carbocycles. The van der Waals surface area contributed by atoms with Crippen LogP contribution in [0.3, 0.4) is 0 Å². The molecule has 19 heavy (non-hydrogen) atoms. The minimum Gasteiger partial charge on any atom is -0.338 e. The summed E-state index contributed by atoms with van der Waals surface area (Å²) < 4.78 is 0. The number of benzene rings is 1. The third kappa shape index (κ3) is 2.81. The van der Waals surface area contributed by atoms with Gasteiger partial charge in [-0.2, -0.15) is 0 Å². The van der Waals surface area contributed by atoms with Gasteiger partial charge in [-0.05, 0) is 38.2 Å². The SMILES string of the molecule is CC1CCC(C)N(C(=O)C(C)(N)c2ccccc2)C1. The van der Waals surface area contributed by atoms with Crippen LogP contribution in [-0.4, -0.2) is 23.4 Å². The third-order valence-electron chi connectivity index (χ3n) is 4.20. The molecule has 0 aliphatic carbocycles. The number of piperidine rings is 1. The first kappa shape index (κ1) is 14.1. The van der Waals surface area contributed by atoms with Gasteiger partial charge in [-0.25, -0.2) is 0 Å². The Balaban J connectivity index is 2.22. The zero-order valence-electron chi connectivity index (χ0n) is 12.1. The largest absolute Gasteiger partial charge is 0.338 e. The lowest BCUT2D eigenvalue weighted by Gasteiger charge is -2.41. The average Bonchev–Trinajstić information content (AvgIpc) is 2.41. The summed E-state index contributed by atoms with van der Waals surface area (Å²) in [5.74, 6) is 0.601. The van der Waals surface area contributed by atoms with E-state index in [-0.39, 0.29) is 11.9 Å². The number of amides is 1. The van der Waals surface area contributed by atoms with E-state index in [0.29, 0.717) is 5.92 Å². The lowest BCUT2D eigenvalue weighted by Crippen LogP contribution is -2.56. The van der Waals surface area contributed by atoms with E-state index in [9.17, 15) is 4.79 Å². The zero-order chi connectivity index (χ0) is 14.0. The molecule has 104 valence electrons. The van der Waals surface area contributed by atoms with E-state index in [1.165, 1.54) is 6.42 Å². The molecule has 3 atom stereocenters. The Hall–Kier alpha value is -1.35. The number of nitrogens with zero attached hydrogens (tertiary/aromatic N) is 1. The van der Waals surface area contributed by atoms with E-state index in [2.05, 4.69) is 13.8 Å². The van der Waals surface area contributed by atoms with Crippen LogP contribution in [0.25, 0.3) is 0 Å². The van der Waals surface area contributed by atoms with Gasteiger partial charge in [-0.3, -0.25) is 4.79 Å². The highest BCUT2D eigenvalue weighted by Gasteiger charge is 2.38. The molecule has 1 aromatic carbocycles. The summed E-state index contributed by atoms with van der Waals surface area (Å²) in [4.78, 5) is 14.7. The minimum atomic E-state index is -0.938. The van der Waals surface area contributed by atoms with E-state index < -0.39 is 5.54 Å². The molecule has 0 spiro atoms. The molecule has 1 saturated heterocycles. The van der Waals surface area contributed by atoms with Crippen molar-refractivity contribution < 1.29 is 4.79 Å². The van der Waals surface area contributed by atoms with Crippen molar-refractivity contribution in [2.24, 2.45) is 11.7 Å². The predicted octanol–water partition coefficient (Wildman–Crippen LogP) is 2.51. The molecule has 2 N–H and O–H groups in total. The highest BCUT2D eigenvalue weighted by Crippen LogP contribution is 2.27. The van der Waals surface area contributed by atoms with Gasteiger partial charge < -0.3 is 10.6 Å². The molecule has 0 bridgehead atoms. The molecule has 3 unspecified atom stereocenters. The first-order chi connectivity index (χ1) is 8.93. The van der Waals surface area contributed by atoms with Crippen LogP contribution in [0.15, 0.2) is 30.3 Å². The summed E-state index contributed by atoms with van der Waals surface area (Å²) in [6.45, 7) is 6.95. The average molecular weight is 260 g/mol. The van der Waals surface area contributed by atoms with Crippen LogP contribution < -0.4 is 5.73 Å². The number of carbonyl (C=O) groups is 1. The topological polar surface area (TPSA) is 46.3 Å². The van der Waals surface area contributed by atoms with Crippen molar-refractivity contribution >= 4 is 5.91 Å². The summed E-state index contributed by atoms with van der Waals surface area (Å²) >= 11 is 0. The molecular formula is C16H24N2O. The summed E-state index contributed by atoms with van der Waals surface area (Å²) in [6, 6.07) is 9.93. The van der Waals surface area contributed by atoms with Crippen LogP contribution in [0.4, 0.5) is 0 Å². The van der Waals surface area contributed by atoms with Gasteiger partial charge in [0.05, 0.1) is 0 Å². The van der Waals surface area contributed by atoms with Gasteiger partial charge in [0.1, 0.15) is 5.54 Å². The first-order valence-electron chi connectivity index (χ1n) is 7.08. The monoisotopic (exact) mass is 260 g/mol. The van der Waals surface area contributed by atoms with E-state index in [1.807, 2.05) is 42.2 Å². The van der Waals surface area contributed by atoms with Gasteiger partial charge in [-0.15, -0.1) is 0 Å². The summed E-state index contributed by atoms with van der Waals surface area (Å²) in [6.07, 6.45) is 2.26. The minimum absolute atomic E-state index is 0.0396. The van der Waals surface area contributed by atoms with Crippen molar-refractivity contribution in [3.8, 4) is 0 Å². The van der Waals surface area contributed by atoms with Crippen LogP contribution in [0.5, 0.6) is 0 Å². The van der Waals surface area contributed by atoms with Gasteiger partial charge in [-0.1, -0.05) is 37.3 Å². The maximum Gasteiger partial charge on any atom is 0.247 e. The van der Waals surface area contributed by atoms with E-state index in [4.69, 9.17) is 5.73 Å². The van der Waals surface area contributed by atoms with E-state index >= 15 is 0 Å². The number of carbonyl (C=O) groups excluding carboxylic acids is 1. The fourth-order valence-electron chi connectivity index (χ4n) is 2.78. The Kier molecular flexibility index (Phi) is 3.95. The smallest absolute Gasteiger partial charge is 0.247 e. The maximum absolute atomic E-state index is 12.8. The number of likely N-dealkylation sites (tertiary alicyclic amines) is 1. The predicted molar refractivity (Wildman–Crippen MR) is 77.6 cm³/mol. The van der Waals surface area contributed by atoms with Crippen molar-refractivity contribution in [2.45, 2.75) is 45.2 Å². The Morgan fingerprint density at radius 3 is 2.53 bits per heavy atom. The Morgan fingerprint density at radius 2 is 1.89 bits per heavy atom. The molecule has 3 nitrogen and oxygen atoms in total. The molecule has 1 aliphatic rings. The molecular weight excluding hydrogens is 236 g/mol.